The van der Waals surface area contributed by atoms with E-state index in [1.54, 1.807) is 4.90 Å². The summed E-state index contributed by atoms with van der Waals surface area (Å²) in [5, 5.41) is 8.76. The van der Waals surface area contributed by atoms with Crippen molar-refractivity contribution in [2.45, 2.75) is 33.2 Å². The van der Waals surface area contributed by atoms with Crippen LogP contribution in [0.2, 0.25) is 0 Å². The van der Waals surface area contributed by atoms with E-state index >= 15 is 0 Å². The largest absolute Gasteiger partial charge is 0.480 e. The van der Waals surface area contributed by atoms with Gasteiger partial charge >= 0.3 is 12.0 Å². The number of hydrogen-bond acceptors (Lipinski definition) is 3. The third-order valence-electron chi connectivity index (χ3n) is 3.78. The van der Waals surface area contributed by atoms with Crippen LogP contribution in [0.4, 0.5) is 4.79 Å². The monoisotopic (exact) mass is 285 g/mol. The molecule has 0 aliphatic carbocycles. The SMILES string of the molecule is CC(C)CC(C)N(C)C(=O)N1CCN(CC(=O)O)CC1. The first-order chi connectivity index (χ1) is 9.31. The summed E-state index contributed by atoms with van der Waals surface area (Å²) in [6.07, 6.45) is 0.987. The topological polar surface area (TPSA) is 64.1 Å². The van der Waals surface area contributed by atoms with E-state index in [-0.39, 0.29) is 18.6 Å². The maximum absolute atomic E-state index is 12.4. The van der Waals surface area contributed by atoms with Crippen molar-refractivity contribution >= 4 is 12.0 Å². The number of carbonyl (C=O) groups is 2. The van der Waals surface area contributed by atoms with Gasteiger partial charge in [0.15, 0.2) is 0 Å². The molecule has 0 radical (unpaired) electrons. The number of urea groups is 1. The number of nitrogens with zero attached hydrogens (tertiary/aromatic N) is 3. The van der Waals surface area contributed by atoms with Crippen LogP contribution in [0.3, 0.4) is 0 Å². The Bertz CT molecular complexity index is 339. The number of carbonyl (C=O) groups excluding carboxylic acids is 1. The molecule has 6 heteroatoms. The van der Waals surface area contributed by atoms with E-state index in [1.165, 1.54) is 0 Å². The van der Waals surface area contributed by atoms with Gasteiger partial charge in [-0.05, 0) is 19.3 Å². The number of piperazine rings is 1. The molecule has 20 heavy (non-hydrogen) atoms. The van der Waals surface area contributed by atoms with Crippen molar-refractivity contribution in [3.8, 4) is 0 Å². The van der Waals surface area contributed by atoms with Crippen molar-refractivity contribution in [2.75, 3.05) is 39.8 Å². The predicted molar refractivity (Wildman–Crippen MR) is 77.7 cm³/mol. The molecule has 6 nitrogen and oxygen atoms in total. The Morgan fingerprint density at radius 1 is 1.15 bits per heavy atom. The summed E-state index contributed by atoms with van der Waals surface area (Å²) in [5.74, 6) is -0.250. The molecule has 116 valence electrons. The van der Waals surface area contributed by atoms with Gasteiger partial charge in [-0.2, -0.15) is 0 Å². The van der Waals surface area contributed by atoms with Crippen molar-refractivity contribution < 1.29 is 14.7 Å². The smallest absolute Gasteiger partial charge is 0.320 e. The van der Waals surface area contributed by atoms with Gasteiger partial charge in [-0.1, -0.05) is 13.8 Å². The van der Waals surface area contributed by atoms with Crippen molar-refractivity contribution in [3.63, 3.8) is 0 Å². The Labute approximate surface area is 121 Å². The van der Waals surface area contributed by atoms with Crippen molar-refractivity contribution in [3.05, 3.63) is 0 Å². The molecule has 0 aromatic carbocycles. The summed E-state index contributed by atoms with van der Waals surface area (Å²) in [4.78, 5) is 28.5. The van der Waals surface area contributed by atoms with Crippen molar-refractivity contribution in [1.29, 1.82) is 0 Å². The molecular formula is C14H27N3O3. The van der Waals surface area contributed by atoms with Gasteiger partial charge in [-0.3, -0.25) is 9.69 Å². The van der Waals surface area contributed by atoms with Gasteiger partial charge in [0.1, 0.15) is 0 Å². The fraction of sp³-hybridized carbons (Fsp3) is 0.857. The molecule has 1 rings (SSSR count). The number of carboxylic acid groups (broad SMARTS) is 1. The molecule has 1 aliphatic rings. The first-order valence-corrected chi connectivity index (χ1v) is 7.27. The summed E-state index contributed by atoms with van der Waals surface area (Å²) in [6.45, 7) is 8.89. The Balaban J connectivity index is 2.43. The van der Waals surface area contributed by atoms with Gasteiger partial charge in [-0.25, -0.2) is 4.79 Å². The maximum Gasteiger partial charge on any atom is 0.320 e. The van der Waals surface area contributed by atoms with Crippen LogP contribution in [-0.4, -0.2) is 77.6 Å². The zero-order valence-electron chi connectivity index (χ0n) is 13.0. The number of hydrogen-bond donors (Lipinski definition) is 1. The Morgan fingerprint density at radius 2 is 1.70 bits per heavy atom. The fourth-order valence-corrected chi connectivity index (χ4v) is 2.54. The Morgan fingerprint density at radius 3 is 2.15 bits per heavy atom. The second kappa shape index (κ2) is 7.47. The van der Waals surface area contributed by atoms with Crippen LogP contribution < -0.4 is 0 Å². The van der Waals surface area contributed by atoms with E-state index in [4.69, 9.17) is 5.11 Å². The van der Waals surface area contributed by atoms with E-state index in [9.17, 15) is 9.59 Å². The summed E-state index contributed by atoms with van der Waals surface area (Å²) in [5.41, 5.74) is 0. The van der Waals surface area contributed by atoms with Crippen molar-refractivity contribution in [1.82, 2.24) is 14.7 Å². The zero-order valence-corrected chi connectivity index (χ0v) is 13.0. The molecule has 1 saturated heterocycles. The van der Waals surface area contributed by atoms with Gasteiger partial charge in [0.2, 0.25) is 0 Å². The molecule has 0 spiro atoms. The third kappa shape index (κ3) is 5.00. The molecule has 1 heterocycles. The fourth-order valence-electron chi connectivity index (χ4n) is 2.54. The third-order valence-corrected chi connectivity index (χ3v) is 3.78. The van der Waals surface area contributed by atoms with Gasteiger partial charge < -0.3 is 14.9 Å². The molecule has 2 amide bonds. The number of amides is 2. The van der Waals surface area contributed by atoms with Gasteiger partial charge in [0.05, 0.1) is 6.54 Å². The van der Waals surface area contributed by atoms with Crippen LogP contribution in [-0.2, 0) is 4.79 Å². The molecule has 1 unspecified atom stereocenters. The molecule has 1 N–H and O–H groups in total. The van der Waals surface area contributed by atoms with Crippen LogP contribution in [0, 0.1) is 5.92 Å². The standard InChI is InChI=1S/C14H27N3O3/c1-11(2)9-12(3)15(4)14(20)17-7-5-16(6-8-17)10-13(18)19/h11-12H,5-10H2,1-4H3,(H,18,19). The normalized spacial score (nSPS) is 18.1. The number of rotatable bonds is 5. The average Bonchev–Trinajstić information content (AvgIpc) is 2.36. The van der Waals surface area contributed by atoms with Crippen LogP contribution >= 0.6 is 0 Å². The van der Waals surface area contributed by atoms with Crippen LogP contribution in [0.1, 0.15) is 27.2 Å². The minimum Gasteiger partial charge on any atom is -0.480 e. The first-order valence-electron chi connectivity index (χ1n) is 7.27. The molecule has 1 atom stereocenters. The molecule has 1 aliphatic heterocycles. The van der Waals surface area contributed by atoms with E-state index in [1.807, 2.05) is 16.8 Å². The lowest BCUT2D eigenvalue weighted by atomic mass is 10.0. The molecule has 1 fully saturated rings. The van der Waals surface area contributed by atoms with Gasteiger partial charge in [0, 0.05) is 39.3 Å². The highest BCUT2D eigenvalue weighted by molar-refractivity contribution is 5.74. The van der Waals surface area contributed by atoms with E-state index in [0.717, 1.165) is 6.42 Å². The molecular weight excluding hydrogens is 258 g/mol. The van der Waals surface area contributed by atoms with Crippen LogP contribution in [0.15, 0.2) is 0 Å². The summed E-state index contributed by atoms with van der Waals surface area (Å²) in [6, 6.07) is 0.271. The van der Waals surface area contributed by atoms with Gasteiger partial charge in [0.25, 0.3) is 0 Å². The predicted octanol–water partition coefficient (Wildman–Crippen LogP) is 1.18. The second-order valence-electron chi connectivity index (χ2n) is 6.03. The summed E-state index contributed by atoms with van der Waals surface area (Å²) >= 11 is 0. The first kappa shape index (κ1) is 16.8. The quantitative estimate of drug-likeness (QED) is 0.823. The minimum atomic E-state index is -0.813. The summed E-state index contributed by atoms with van der Waals surface area (Å²) < 4.78 is 0. The van der Waals surface area contributed by atoms with E-state index in [2.05, 4.69) is 20.8 Å². The number of aliphatic carboxylic acids is 1. The van der Waals surface area contributed by atoms with Crippen LogP contribution in [0.25, 0.3) is 0 Å². The Hall–Kier alpha value is -1.30. The lowest BCUT2D eigenvalue weighted by Crippen LogP contribution is -2.54. The highest BCUT2D eigenvalue weighted by Crippen LogP contribution is 2.13. The van der Waals surface area contributed by atoms with Gasteiger partial charge in [-0.15, -0.1) is 0 Å². The lowest BCUT2D eigenvalue weighted by molar-refractivity contribution is -0.138. The van der Waals surface area contributed by atoms with E-state index in [0.29, 0.717) is 32.1 Å². The van der Waals surface area contributed by atoms with Crippen LogP contribution in [0.5, 0.6) is 0 Å². The molecule has 0 aromatic rings. The van der Waals surface area contributed by atoms with Crippen molar-refractivity contribution in [2.24, 2.45) is 5.92 Å². The second-order valence-corrected chi connectivity index (χ2v) is 6.03. The molecule has 0 saturated carbocycles. The van der Waals surface area contributed by atoms with E-state index < -0.39 is 5.97 Å². The molecule has 0 bridgehead atoms. The maximum atomic E-state index is 12.4. The summed E-state index contributed by atoms with van der Waals surface area (Å²) in [7, 11) is 1.85. The number of carboxylic acids is 1. The lowest BCUT2D eigenvalue weighted by Gasteiger charge is -2.37. The molecule has 0 aromatic heterocycles. The Kier molecular flexibility index (Phi) is 6.26. The highest BCUT2D eigenvalue weighted by atomic mass is 16.4. The zero-order chi connectivity index (χ0) is 15.3. The highest BCUT2D eigenvalue weighted by Gasteiger charge is 2.26. The average molecular weight is 285 g/mol. The minimum absolute atomic E-state index is 0.0492.